The summed E-state index contributed by atoms with van der Waals surface area (Å²) in [5.74, 6) is 0.812. The lowest BCUT2D eigenvalue weighted by Crippen LogP contribution is -2.22. The Morgan fingerprint density at radius 3 is 2.55 bits per heavy atom. The fourth-order valence-electron chi connectivity index (χ4n) is 1.91. The molecule has 0 radical (unpaired) electrons. The third-order valence-corrected chi connectivity index (χ3v) is 3.13. The average molecular weight is 272 g/mol. The second-order valence-corrected chi connectivity index (χ2v) is 4.92. The van der Waals surface area contributed by atoms with Crippen LogP contribution in [0.1, 0.15) is 17.7 Å². The fourth-order valence-corrected chi connectivity index (χ4v) is 1.91. The van der Waals surface area contributed by atoms with E-state index in [1.165, 1.54) is 5.56 Å². The van der Waals surface area contributed by atoms with E-state index in [4.69, 9.17) is 4.42 Å². The Hall–Kier alpha value is -2.23. The highest BCUT2D eigenvalue weighted by molar-refractivity contribution is 5.76. The summed E-state index contributed by atoms with van der Waals surface area (Å²) >= 11 is 0. The van der Waals surface area contributed by atoms with Gasteiger partial charge in [0.2, 0.25) is 5.91 Å². The van der Waals surface area contributed by atoms with E-state index in [-0.39, 0.29) is 5.91 Å². The van der Waals surface area contributed by atoms with Crippen LogP contribution in [-0.2, 0) is 17.8 Å². The van der Waals surface area contributed by atoms with E-state index in [1.807, 2.05) is 26.2 Å². The minimum absolute atomic E-state index is 0.0399. The smallest absolute Gasteiger partial charge is 0.220 e. The Bertz CT molecular complexity index is 530. The first-order valence-electron chi connectivity index (χ1n) is 6.70. The summed E-state index contributed by atoms with van der Waals surface area (Å²) in [6.07, 6.45) is 2.84. The molecule has 0 saturated heterocycles. The van der Waals surface area contributed by atoms with Crippen LogP contribution in [0.3, 0.4) is 0 Å². The molecule has 1 aromatic carbocycles. The monoisotopic (exact) mass is 272 g/mol. The number of benzene rings is 1. The van der Waals surface area contributed by atoms with Crippen LogP contribution in [0.4, 0.5) is 5.69 Å². The minimum Gasteiger partial charge on any atom is -0.467 e. The number of nitrogens with one attached hydrogen (secondary N) is 1. The van der Waals surface area contributed by atoms with Crippen LogP contribution in [0.5, 0.6) is 0 Å². The van der Waals surface area contributed by atoms with Gasteiger partial charge in [0.15, 0.2) is 0 Å². The lowest BCUT2D eigenvalue weighted by atomic mass is 10.1. The van der Waals surface area contributed by atoms with Gasteiger partial charge in [0.25, 0.3) is 0 Å². The molecule has 0 fully saturated rings. The van der Waals surface area contributed by atoms with Crippen molar-refractivity contribution in [2.45, 2.75) is 19.4 Å². The molecule has 0 spiro atoms. The molecule has 106 valence electrons. The van der Waals surface area contributed by atoms with Crippen molar-refractivity contribution in [1.82, 2.24) is 5.32 Å². The van der Waals surface area contributed by atoms with Crippen molar-refractivity contribution in [3.8, 4) is 0 Å². The van der Waals surface area contributed by atoms with Crippen LogP contribution in [0.25, 0.3) is 0 Å². The summed E-state index contributed by atoms with van der Waals surface area (Å²) < 4.78 is 5.16. The Balaban J connectivity index is 1.75. The van der Waals surface area contributed by atoms with Crippen LogP contribution in [0, 0.1) is 0 Å². The van der Waals surface area contributed by atoms with Gasteiger partial charge in [-0.1, -0.05) is 12.1 Å². The highest BCUT2D eigenvalue weighted by atomic mass is 16.3. The zero-order valence-electron chi connectivity index (χ0n) is 11.9. The molecule has 1 N–H and O–H groups in total. The predicted molar refractivity (Wildman–Crippen MR) is 79.6 cm³/mol. The molecule has 0 aliphatic rings. The molecule has 2 rings (SSSR count). The molecular weight excluding hydrogens is 252 g/mol. The van der Waals surface area contributed by atoms with Crippen LogP contribution in [0.2, 0.25) is 0 Å². The SMILES string of the molecule is CN(C)c1ccc(CCC(=O)NCc2ccco2)cc1. The normalized spacial score (nSPS) is 10.3. The third kappa shape index (κ3) is 4.16. The minimum atomic E-state index is 0.0399. The molecule has 0 bridgehead atoms. The molecule has 20 heavy (non-hydrogen) atoms. The van der Waals surface area contributed by atoms with E-state index in [0.29, 0.717) is 13.0 Å². The first-order chi connectivity index (χ1) is 9.65. The summed E-state index contributed by atoms with van der Waals surface area (Å²) in [7, 11) is 4.02. The quantitative estimate of drug-likeness (QED) is 0.879. The molecule has 0 aliphatic heterocycles. The van der Waals surface area contributed by atoms with E-state index in [2.05, 4.69) is 34.5 Å². The summed E-state index contributed by atoms with van der Waals surface area (Å²) in [4.78, 5) is 13.8. The molecule has 4 heteroatoms. The van der Waals surface area contributed by atoms with Crippen molar-refractivity contribution in [3.63, 3.8) is 0 Å². The highest BCUT2D eigenvalue weighted by Crippen LogP contribution is 2.13. The van der Waals surface area contributed by atoms with Crippen molar-refractivity contribution in [2.24, 2.45) is 0 Å². The number of amides is 1. The van der Waals surface area contributed by atoms with E-state index >= 15 is 0 Å². The van der Waals surface area contributed by atoms with E-state index in [0.717, 1.165) is 17.9 Å². The summed E-state index contributed by atoms with van der Waals surface area (Å²) in [5.41, 5.74) is 2.33. The maximum atomic E-state index is 11.7. The van der Waals surface area contributed by atoms with Crippen molar-refractivity contribution in [2.75, 3.05) is 19.0 Å². The first kappa shape index (κ1) is 14.2. The van der Waals surface area contributed by atoms with Crippen LogP contribution in [-0.4, -0.2) is 20.0 Å². The number of anilines is 1. The standard InChI is InChI=1S/C16H20N2O2/c1-18(2)14-8-5-13(6-9-14)7-10-16(19)17-12-15-4-3-11-20-15/h3-6,8-9,11H,7,10,12H2,1-2H3,(H,17,19). The molecule has 2 aromatic rings. The van der Waals surface area contributed by atoms with Crippen molar-refractivity contribution >= 4 is 11.6 Å². The van der Waals surface area contributed by atoms with Gasteiger partial charge < -0.3 is 14.6 Å². The maximum Gasteiger partial charge on any atom is 0.220 e. The van der Waals surface area contributed by atoms with Gasteiger partial charge >= 0.3 is 0 Å². The van der Waals surface area contributed by atoms with Crippen molar-refractivity contribution in [3.05, 3.63) is 54.0 Å². The van der Waals surface area contributed by atoms with E-state index < -0.39 is 0 Å². The second kappa shape index (κ2) is 6.80. The van der Waals surface area contributed by atoms with E-state index in [1.54, 1.807) is 6.26 Å². The van der Waals surface area contributed by atoms with Gasteiger partial charge in [-0.05, 0) is 36.2 Å². The van der Waals surface area contributed by atoms with E-state index in [9.17, 15) is 4.79 Å². The highest BCUT2D eigenvalue weighted by Gasteiger charge is 2.04. The summed E-state index contributed by atoms with van der Waals surface area (Å²) in [5, 5.41) is 2.84. The van der Waals surface area contributed by atoms with Gasteiger partial charge in [-0.15, -0.1) is 0 Å². The number of carbonyl (C=O) groups excluding carboxylic acids is 1. The summed E-state index contributed by atoms with van der Waals surface area (Å²) in [6.45, 7) is 0.450. The molecule has 1 heterocycles. The summed E-state index contributed by atoms with van der Waals surface area (Å²) in [6, 6.07) is 11.9. The Labute approximate surface area is 119 Å². The number of hydrogen-bond acceptors (Lipinski definition) is 3. The maximum absolute atomic E-state index is 11.7. The molecule has 1 aromatic heterocycles. The van der Waals surface area contributed by atoms with Gasteiger partial charge in [0, 0.05) is 26.2 Å². The zero-order valence-corrected chi connectivity index (χ0v) is 11.9. The van der Waals surface area contributed by atoms with Crippen LogP contribution in [0.15, 0.2) is 47.1 Å². The Morgan fingerprint density at radius 2 is 1.95 bits per heavy atom. The van der Waals surface area contributed by atoms with Crippen LogP contribution < -0.4 is 10.2 Å². The molecular formula is C16H20N2O2. The number of aryl methyl sites for hydroxylation is 1. The lowest BCUT2D eigenvalue weighted by Gasteiger charge is -2.12. The number of furan rings is 1. The first-order valence-corrected chi connectivity index (χ1v) is 6.70. The second-order valence-electron chi connectivity index (χ2n) is 4.92. The van der Waals surface area contributed by atoms with Crippen molar-refractivity contribution < 1.29 is 9.21 Å². The Kier molecular flexibility index (Phi) is 4.82. The van der Waals surface area contributed by atoms with Gasteiger partial charge in [-0.2, -0.15) is 0 Å². The molecule has 1 amide bonds. The van der Waals surface area contributed by atoms with Gasteiger partial charge in [-0.3, -0.25) is 4.79 Å². The van der Waals surface area contributed by atoms with Gasteiger partial charge in [-0.25, -0.2) is 0 Å². The molecule has 4 nitrogen and oxygen atoms in total. The topological polar surface area (TPSA) is 45.5 Å². The largest absolute Gasteiger partial charge is 0.467 e. The third-order valence-electron chi connectivity index (χ3n) is 3.13. The molecule has 0 atom stereocenters. The predicted octanol–water partition coefficient (Wildman–Crippen LogP) is 2.59. The Morgan fingerprint density at radius 1 is 1.20 bits per heavy atom. The number of nitrogens with zero attached hydrogens (tertiary/aromatic N) is 1. The van der Waals surface area contributed by atoms with Crippen molar-refractivity contribution in [1.29, 1.82) is 0 Å². The number of hydrogen-bond donors (Lipinski definition) is 1. The number of carbonyl (C=O) groups is 1. The zero-order chi connectivity index (χ0) is 14.4. The molecule has 0 saturated carbocycles. The van der Waals surface area contributed by atoms with Crippen LogP contribution >= 0.6 is 0 Å². The molecule has 0 unspecified atom stereocenters. The van der Waals surface area contributed by atoms with Gasteiger partial charge in [0.1, 0.15) is 5.76 Å². The average Bonchev–Trinajstić information content (AvgIpc) is 2.96. The fraction of sp³-hybridized carbons (Fsp3) is 0.312. The number of rotatable bonds is 6. The molecule has 0 aliphatic carbocycles. The lowest BCUT2D eigenvalue weighted by molar-refractivity contribution is -0.121. The van der Waals surface area contributed by atoms with Gasteiger partial charge in [0.05, 0.1) is 12.8 Å².